The first-order chi connectivity index (χ1) is 13.6. The van der Waals surface area contributed by atoms with Gasteiger partial charge in [-0.1, -0.05) is 31.2 Å². The Labute approximate surface area is 166 Å². The minimum absolute atomic E-state index is 0.264. The fraction of sp³-hybridized carbons (Fsp3) is 0.435. The molecule has 2 aromatic heterocycles. The number of piperazine rings is 1. The molecule has 148 valence electrons. The monoisotopic (exact) mass is 379 g/mol. The summed E-state index contributed by atoms with van der Waals surface area (Å²) in [5, 5.41) is 10.6. The zero-order chi connectivity index (χ0) is 19.5. The SMILES string of the molecule is CCN1CCN(c2nccc3cc(-c4ccc(CCC(C)O)cc4)oc23)CC1. The van der Waals surface area contributed by atoms with E-state index >= 15 is 0 Å². The Hall–Kier alpha value is -2.37. The molecule has 0 saturated carbocycles. The number of furan rings is 1. The molecule has 1 aromatic carbocycles. The molecule has 0 radical (unpaired) electrons. The van der Waals surface area contributed by atoms with Crippen LogP contribution in [0.15, 0.2) is 47.0 Å². The summed E-state index contributed by atoms with van der Waals surface area (Å²) in [6.45, 7) is 9.23. The quantitative estimate of drug-likeness (QED) is 0.703. The zero-order valence-corrected chi connectivity index (χ0v) is 16.8. The number of fused-ring (bicyclic) bond motifs is 1. The number of pyridine rings is 1. The van der Waals surface area contributed by atoms with Gasteiger partial charge in [0.25, 0.3) is 0 Å². The zero-order valence-electron chi connectivity index (χ0n) is 16.8. The number of benzene rings is 1. The fourth-order valence-corrected chi connectivity index (χ4v) is 3.81. The highest BCUT2D eigenvalue weighted by molar-refractivity contribution is 5.90. The molecule has 4 rings (SSSR count). The van der Waals surface area contributed by atoms with Crippen molar-refractivity contribution < 1.29 is 9.52 Å². The van der Waals surface area contributed by atoms with Gasteiger partial charge in [-0.25, -0.2) is 4.98 Å². The molecule has 0 amide bonds. The molecule has 1 saturated heterocycles. The van der Waals surface area contributed by atoms with Crippen molar-refractivity contribution in [1.29, 1.82) is 0 Å². The summed E-state index contributed by atoms with van der Waals surface area (Å²) in [6.07, 6.45) is 3.28. The van der Waals surface area contributed by atoms with Crippen LogP contribution in [0.3, 0.4) is 0 Å². The van der Waals surface area contributed by atoms with Gasteiger partial charge in [0, 0.05) is 43.3 Å². The van der Waals surface area contributed by atoms with Crippen LogP contribution in [0.25, 0.3) is 22.3 Å². The minimum atomic E-state index is -0.264. The van der Waals surface area contributed by atoms with Crippen LogP contribution in [-0.2, 0) is 6.42 Å². The lowest BCUT2D eigenvalue weighted by Crippen LogP contribution is -2.46. The summed E-state index contributed by atoms with van der Waals surface area (Å²) in [5.41, 5.74) is 3.18. The lowest BCUT2D eigenvalue weighted by Gasteiger charge is -2.34. The molecule has 3 heterocycles. The molecule has 0 bridgehead atoms. The molecular weight excluding hydrogens is 350 g/mol. The number of rotatable bonds is 6. The van der Waals surface area contributed by atoms with Crippen LogP contribution in [0.5, 0.6) is 0 Å². The molecule has 0 spiro atoms. The van der Waals surface area contributed by atoms with Crippen molar-refractivity contribution in [2.75, 3.05) is 37.6 Å². The van der Waals surface area contributed by atoms with E-state index in [9.17, 15) is 5.11 Å². The number of hydrogen-bond acceptors (Lipinski definition) is 5. The Morgan fingerprint density at radius 3 is 2.54 bits per heavy atom. The van der Waals surface area contributed by atoms with Crippen molar-refractivity contribution in [2.45, 2.75) is 32.8 Å². The third-order valence-electron chi connectivity index (χ3n) is 5.62. The van der Waals surface area contributed by atoms with Gasteiger partial charge in [-0.15, -0.1) is 0 Å². The lowest BCUT2D eigenvalue weighted by molar-refractivity contribution is 0.185. The lowest BCUT2D eigenvalue weighted by atomic mass is 10.0. The number of hydrogen-bond donors (Lipinski definition) is 1. The van der Waals surface area contributed by atoms with Crippen LogP contribution in [0.4, 0.5) is 5.82 Å². The van der Waals surface area contributed by atoms with Crippen LogP contribution < -0.4 is 4.90 Å². The Kier molecular flexibility index (Phi) is 5.64. The Morgan fingerprint density at radius 2 is 1.86 bits per heavy atom. The second-order valence-corrected chi connectivity index (χ2v) is 7.67. The van der Waals surface area contributed by atoms with Gasteiger partial charge in [0.15, 0.2) is 11.4 Å². The first-order valence-electron chi connectivity index (χ1n) is 10.3. The van der Waals surface area contributed by atoms with E-state index in [4.69, 9.17) is 4.42 Å². The fourth-order valence-electron chi connectivity index (χ4n) is 3.81. The molecule has 1 fully saturated rings. The average molecular weight is 380 g/mol. The van der Waals surface area contributed by atoms with Crippen molar-refractivity contribution in [3.63, 3.8) is 0 Å². The largest absolute Gasteiger partial charge is 0.452 e. The molecule has 0 aliphatic carbocycles. The molecule has 5 nitrogen and oxygen atoms in total. The second kappa shape index (κ2) is 8.33. The highest BCUT2D eigenvalue weighted by Gasteiger charge is 2.21. The highest BCUT2D eigenvalue weighted by atomic mass is 16.3. The number of aliphatic hydroxyl groups excluding tert-OH is 1. The number of aliphatic hydroxyl groups is 1. The van der Waals surface area contributed by atoms with Crippen LogP contribution in [-0.4, -0.2) is 53.8 Å². The van der Waals surface area contributed by atoms with Crippen LogP contribution in [0.1, 0.15) is 25.8 Å². The summed E-state index contributed by atoms with van der Waals surface area (Å²) in [6, 6.07) is 12.6. The Bertz CT molecular complexity index is 909. The average Bonchev–Trinajstić information content (AvgIpc) is 3.17. The van der Waals surface area contributed by atoms with E-state index in [1.165, 1.54) is 5.56 Å². The van der Waals surface area contributed by atoms with Gasteiger partial charge in [0.1, 0.15) is 5.76 Å². The number of likely N-dealkylation sites (N-methyl/N-ethyl adjacent to an activating group) is 1. The number of aryl methyl sites for hydroxylation is 1. The summed E-state index contributed by atoms with van der Waals surface area (Å²) in [4.78, 5) is 9.43. The molecule has 1 aliphatic rings. The maximum atomic E-state index is 9.46. The maximum Gasteiger partial charge on any atom is 0.177 e. The van der Waals surface area contributed by atoms with Crippen molar-refractivity contribution >= 4 is 16.8 Å². The van der Waals surface area contributed by atoms with E-state index in [0.717, 1.165) is 73.7 Å². The predicted molar refractivity (Wildman–Crippen MR) is 114 cm³/mol. The van der Waals surface area contributed by atoms with Crippen LogP contribution in [0.2, 0.25) is 0 Å². The van der Waals surface area contributed by atoms with Gasteiger partial charge < -0.3 is 19.3 Å². The molecule has 1 unspecified atom stereocenters. The Balaban J connectivity index is 1.56. The molecule has 28 heavy (non-hydrogen) atoms. The van der Waals surface area contributed by atoms with E-state index in [1.807, 2.05) is 19.2 Å². The van der Waals surface area contributed by atoms with Gasteiger partial charge in [0.2, 0.25) is 0 Å². The molecule has 1 atom stereocenters. The molecule has 3 aromatic rings. The van der Waals surface area contributed by atoms with E-state index in [0.29, 0.717) is 0 Å². The van der Waals surface area contributed by atoms with E-state index in [2.05, 4.69) is 52.0 Å². The minimum Gasteiger partial charge on any atom is -0.452 e. The summed E-state index contributed by atoms with van der Waals surface area (Å²) >= 11 is 0. The number of aromatic nitrogens is 1. The molecule has 1 aliphatic heterocycles. The van der Waals surface area contributed by atoms with Gasteiger partial charge in [-0.2, -0.15) is 0 Å². The van der Waals surface area contributed by atoms with Gasteiger partial charge in [0.05, 0.1) is 6.10 Å². The second-order valence-electron chi connectivity index (χ2n) is 7.67. The standard InChI is InChI=1S/C23H29N3O2/c1-3-25-12-14-26(15-13-25)23-22-20(10-11-24-23)16-21(28-22)19-8-6-18(7-9-19)5-4-17(2)27/h6-11,16-17,27H,3-5,12-15H2,1-2H3. The molecule has 5 heteroatoms. The van der Waals surface area contributed by atoms with Gasteiger partial charge >= 0.3 is 0 Å². The van der Waals surface area contributed by atoms with Gasteiger partial charge in [-0.05, 0) is 44.0 Å². The van der Waals surface area contributed by atoms with Crippen LogP contribution in [0, 0.1) is 0 Å². The topological polar surface area (TPSA) is 52.7 Å². The Morgan fingerprint density at radius 1 is 1.11 bits per heavy atom. The van der Waals surface area contributed by atoms with Crippen molar-refractivity contribution in [3.8, 4) is 11.3 Å². The highest BCUT2D eigenvalue weighted by Crippen LogP contribution is 2.33. The van der Waals surface area contributed by atoms with Crippen molar-refractivity contribution in [2.24, 2.45) is 0 Å². The smallest absolute Gasteiger partial charge is 0.177 e. The van der Waals surface area contributed by atoms with E-state index in [1.54, 1.807) is 0 Å². The predicted octanol–water partition coefficient (Wildman–Crippen LogP) is 3.95. The molecular formula is C23H29N3O2. The van der Waals surface area contributed by atoms with Crippen LogP contribution >= 0.6 is 0 Å². The number of anilines is 1. The summed E-state index contributed by atoms with van der Waals surface area (Å²) in [5.74, 6) is 1.83. The third kappa shape index (κ3) is 4.05. The number of nitrogens with zero attached hydrogens (tertiary/aromatic N) is 3. The third-order valence-corrected chi connectivity index (χ3v) is 5.62. The van der Waals surface area contributed by atoms with E-state index < -0.39 is 0 Å². The summed E-state index contributed by atoms with van der Waals surface area (Å²) < 4.78 is 6.27. The van der Waals surface area contributed by atoms with Crippen molar-refractivity contribution in [1.82, 2.24) is 9.88 Å². The van der Waals surface area contributed by atoms with E-state index in [-0.39, 0.29) is 6.10 Å². The first kappa shape index (κ1) is 19.0. The maximum absolute atomic E-state index is 9.46. The van der Waals surface area contributed by atoms with Gasteiger partial charge in [-0.3, -0.25) is 0 Å². The normalized spacial score (nSPS) is 16.6. The molecule has 1 N–H and O–H groups in total. The first-order valence-corrected chi connectivity index (χ1v) is 10.3. The summed E-state index contributed by atoms with van der Waals surface area (Å²) in [7, 11) is 0. The van der Waals surface area contributed by atoms with Crippen molar-refractivity contribution in [3.05, 3.63) is 48.2 Å².